The minimum atomic E-state index is -0.576. The first-order valence-electron chi connectivity index (χ1n) is 5.57. The zero-order chi connectivity index (χ0) is 14.7. The summed E-state index contributed by atoms with van der Waals surface area (Å²) in [6.45, 7) is 1.78. The molecule has 104 valence electrons. The smallest absolute Gasteiger partial charge is 0.331 e. The maximum atomic E-state index is 11.0. The second kappa shape index (κ2) is 5.72. The number of hydrogen-bond donors (Lipinski definition) is 2. The third kappa shape index (κ3) is 2.95. The molecule has 0 fully saturated rings. The first-order valence-corrected chi connectivity index (χ1v) is 5.95. The number of ether oxygens (including phenoxy) is 1. The molecule has 0 unspecified atom stereocenters. The lowest BCUT2D eigenvalue weighted by atomic mass is 10.2. The Morgan fingerprint density at radius 2 is 2.15 bits per heavy atom. The average Bonchev–Trinajstić information content (AvgIpc) is 2.41. The lowest BCUT2D eigenvalue weighted by Crippen LogP contribution is -2.09. The minimum Gasteiger partial charge on any atom is -0.433 e. The number of aromatic nitrogens is 1. The Balaban J connectivity index is 2.43. The fraction of sp³-hybridized carbons (Fsp3) is 0.0833. The Kier molecular flexibility index (Phi) is 4.02. The highest BCUT2D eigenvalue weighted by Gasteiger charge is 2.19. The SMILES string of the molecule is Cc1cc(Cl)ccc1Oc1nc(NN)ccc1[N+](=O)[O-]. The molecule has 0 spiro atoms. The summed E-state index contributed by atoms with van der Waals surface area (Å²) in [6.07, 6.45) is 0. The molecular weight excluding hydrogens is 284 g/mol. The van der Waals surface area contributed by atoms with Crippen molar-refractivity contribution in [2.75, 3.05) is 5.43 Å². The van der Waals surface area contributed by atoms with Crippen molar-refractivity contribution >= 4 is 23.1 Å². The topological polar surface area (TPSA) is 103 Å². The van der Waals surface area contributed by atoms with Gasteiger partial charge in [0.05, 0.1) is 4.92 Å². The van der Waals surface area contributed by atoms with Crippen LogP contribution in [0.2, 0.25) is 5.02 Å². The van der Waals surface area contributed by atoms with Gasteiger partial charge in [-0.1, -0.05) is 11.6 Å². The van der Waals surface area contributed by atoms with Gasteiger partial charge in [0.15, 0.2) is 0 Å². The Morgan fingerprint density at radius 1 is 1.40 bits per heavy atom. The molecule has 20 heavy (non-hydrogen) atoms. The number of hydrazine groups is 1. The zero-order valence-corrected chi connectivity index (χ0v) is 11.2. The molecule has 1 aromatic heterocycles. The molecule has 0 radical (unpaired) electrons. The normalized spacial score (nSPS) is 10.2. The predicted octanol–water partition coefficient (Wildman–Crippen LogP) is 3.03. The lowest BCUT2D eigenvalue weighted by molar-refractivity contribution is -0.386. The van der Waals surface area contributed by atoms with Crippen LogP contribution in [0.15, 0.2) is 30.3 Å². The number of pyridine rings is 1. The Labute approximate surface area is 119 Å². The molecular formula is C12H11ClN4O3. The van der Waals surface area contributed by atoms with Crippen LogP contribution in [0, 0.1) is 17.0 Å². The molecule has 0 saturated heterocycles. The van der Waals surface area contributed by atoms with Gasteiger partial charge in [0.25, 0.3) is 0 Å². The summed E-state index contributed by atoms with van der Waals surface area (Å²) in [5.41, 5.74) is 2.79. The first kappa shape index (κ1) is 14.0. The van der Waals surface area contributed by atoms with Crippen LogP contribution in [0.4, 0.5) is 11.5 Å². The Morgan fingerprint density at radius 3 is 2.75 bits per heavy atom. The van der Waals surface area contributed by atoms with E-state index in [4.69, 9.17) is 22.2 Å². The van der Waals surface area contributed by atoms with E-state index in [1.807, 2.05) is 0 Å². The summed E-state index contributed by atoms with van der Waals surface area (Å²) >= 11 is 5.84. The number of nitrogens with two attached hydrogens (primary N) is 1. The minimum absolute atomic E-state index is 0.143. The highest BCUT2D eigenvalue weighted by molar-refractivity contribution is 6.30. The van der Waals surface area contributed by atoms with E-state index in [2.05, 4.69) is 10.4 Å². The number of aryl methyl sites for hydroxylation is 1. The van der Waals surface area contributed by atoms with Crippen molar-refractivity contribution in [2.24, 2.45) is 5.84 Å². The van der Waals surface area contributed by atoms with Gasteiger partial charge < -0.3 is 10.2 Å². The number of halogens is 1. The highest BCUT2D eigenvalue weighted by atomic mass is 35.5. The Bertz CT molecular complexity index is 663. The van der Waals surface area contributed by atoms with Crippen LogP contribution < -0.4 is 16.0 Å². The summed E-state index contributed by atoms with van der Waals surface area (Å²) < 4.78 is 5.49. The number of rotatable bonds is 4. The molecule has 0 aliphatic heterocycles. The summed E-state index contributed by atoms with van der Waals surface area (Å²) in [7, 11) is 0. The van der Waals surface area contributed by atoms with Crippen molar-refractivity contribution < 1.29 is 9.66 Å². The van der Waals surface area contributed by atoms with Gasteiger partial charge in [-0.15, -0.1) is 0 Å². The van der Waals surface area contributed by atoms with Gasteiger partial charge in [0.2, 0.25) is 0 Å². The van der Waals surface area contributed by atoms with Crippen LogP contribution in [0.3, 0.4) is 0 Å². The van der Waals surface area contributed by atoms with Gasteiger partial charge in [-0.05, 0) is 36.8 Å². The van der Waals surface area contributed by atoms with E-state index in [0.717, 1.165) is 5.56 Å². The molecule has 0 aliphatic rings. The van der Waals surface area contributed by atoms with Crippen LogP contribution in [0.5, 0.6) is 11.6 Å². The average molecular weight is 295 g/mol. The second-order valence-electron chi connectivity index (χ2n) is 3.93. The van der Waals surface area contributed by atoms with Crippen molar-refractivity contribution in [3.8, 4) is 11.6 Å². The van der Waals surface area contributed by atoms with E-state index in [-0.39, 0.29) is 17.4 Å². The van der Waals surface area contributed by atoms with Crippen molar-refractivity contribution in [1.29, 1.82) is 0 Å². The van der Waals surface area contributed by atoms with E-state index < -0.39 is 4.92 Å². The summed E-state index contributed by atoms with van der Waals surface area (Å²) in [5, 5.41) is 11.5. The molecule has 0 amide bonds. The van der Waals surface area contributed by atoms with Gasteiger partial charge in [0, 0.05) is 11.1 Å². The van der Waals surface area contributed by atoms with Crippen LogP contribution in [-0.4, -0.2) is 9.91 Å². The standard InChI is InChI=1S/C12H11ClN4O3/c1-7-6-8(13)2-4-10(7)20-12-9(17(18)19)3-5-11(15-12)16-14/h2-6H,14H2,1H3,(H,15,16). The lowest BCUT2D eigenvalue weighted by Gasteiger charge is -2.09. The summed E-state index contributed by atoms with van der Waals surface area (Å²) in [5.74, 6) is 5.78. The first-order chi connectivity index (χ1) is 9.51. The number of nitro groups is 1. The predicted molar refractivity (Wildman–Crippen MR) is 75.0 cm³/mol. The molecule has 7 nitrogen and oxygen atoms in total. The van der Waals surface area contributed by atoms with Crippen LogP contribution in [0.25, 0.3) is 0 Å². The molecule has 2 rings (SSSR count). The number of nitrogens with one attached hydrogen (secondary N) is 1. The summed E-state index contributed by atoms with van der Waals surface area (Å²) in [4.78, 5) is 14.3. The third-order valence-corrected chi connectivity index (χ3v) is 2.76. The fourth-order valence-electron chi connectivity index (χ4n) is 1.56. The van der Waals surface area contributed by atoms with Crippen molar-refractivity contribution in [3.63, 3.8) is 0 Å². The molecule has 2 aromatic rings. The fourth-order valence-corrected chi connectivity index (χ4v) is 1.79. The van der Waals surface area contributed by atoms with Gasteiger partial charge in [-0.2, -0.15) is 4.98 Å². The second-order valence-corrected chi connectivity index (χ2v) is 4.37. The van der Waals surface area contributed by atoms with E-state index in [1.54, 1.807) is 25.1 Å². The number of nitrogen functional groups attached to an aromatic ring is 1. The molecule has 0 bridgehead atoms. The van der Waals surface area contributed by atoms with Crippen LogP contribution in [-0.2, 0) is 0 Å². The van der Waals surface area contributed by atoms with E-state index in [1.165, 1.54) is 12.1 Å². The zero-order valence-electron chi connectivity index (χ0n) is 10.5. The van der Waals surface area contributed by atoms with Gasteiger partial charge in [0.1, 0.15) is 11.6 Å². The maximum absolute atomic E-state index is 11.0. The van der Waals surface area contributed by atoms with E-state index in [9.17, 15) is 10.1 Å². The quantitative estimate of drug-likeness (QED) is 0.510. The van der Waals surface area contributed by atoms with Crippen LogP contribution in [0.1, 0.15) is 5.56 Å². The Hall–Kier alpha value is -2.38. The monoisotopic (exact) mass is 294 g/mol. The molecule has 1 aromatic carbocycles. The number of nitrogens with zero attached hydrogens (tertiary/aromatic N) is 2. The third-order valence-electron chi connectivity index (χ3n) is 2.53. The van der Waals surface area contributed by atoms with Crippen LogP contribution >= 0.6 is 11.6 Å². The van der Waals surface area contributed by atoms with Gasteiger partial charge >= 0.3 is 11.6 Å². The molecule has 0 aliphatic carbocycles. The molecule has 3 N–H and O–H groups in total. The summed E-state index contributed by atoms with van der Waals surface area (Å²) in [6, 6.07) is 7.59. The molecule has 0 saturated carbocycles. The van der Waals surface area contributed by atoms with E-state index >= 15 is 0 Å². The number of hydrogen-bond acceptors (Lipinski definition) is 6. The number of anilines is 1. The highest BCUT2D eigenvalue weighted by Crippen LogP contribution is 2.32. The molecule has 1 heterocycles. The van der Waals surface area contributed by atoms with E-state index in [0.29, 0.717) is 10.8 Å². The van der Waals surface area contributed by atoms with Crippen molar-refractivity contribution in [1.82, 2.24) is 4.98 Å². The van der Waals surface area contributed by atoms with Gasteiger partial charge in [-0.3, -0.25) is 10.1 Å². The maximum Gasteiger partial charge on any atom is 0.331 e. The van der Waals surface area contributed by atoms with Crippen molar-refractivity contribution in [3.05, 3.63) is 51.0 Å². The molecule has 8 heteroatoms. The largest absolute Gasteiger partial charge is 0.433 e. The van der Waals surface area contributed by atoms with Gasteiger partial charge in [-0.25, -0.2) is 5.84 Å². The van der Waals surface area contributed by atoms with Crippen molar-refractivity contribution in [2.45, 2.75) is 6.92 Å². The molecule has 0 atom stereocenters. The number of benzene rings is 1.